The van der Waals surface area contributed by atoms with Gasteiger partial charge in [-0.3, -0.25) is 4.79 Å². The highest BCUT2D eigenvalue weighted by molar-refractivity contribution is 7.89. The molecule has 1 N–H and O–H groups in total. The van der Waals surface area contributed by atoms with E-state index in [0.29, 0.717) is 31.1 Å². The summed E-state index contributed by atoms with van der Waals surface area (Å²) in [5.41, 5.74) is 0.627. The van der Waals surface area contributed by atoms with Crippen LogP contribution >= 0.6 is 0 Å². The predicted molar refractivity (Wildman–Crippen MR) is 113 cm³/mol. The third kappa shape index (κ3) is 5.80. The molecular weight excluding hydrogens is 408 g/mol. The van der Waals surface area contributed by atoms with Crippen LogP contribution in [0.1, 0.15) is 31.1 Å². The molecule has 30 heavy (non-hydrogen) atoms. The zero-order valence-corrected chi connectivity index (χ0v) is 18.1. The zero-order valence-electron chi connectivity index (χ0n) is 17.3. The first-order chi connectivity index (χ1) is 14.3. The first-order valence-electron chi connectivity index (χ1n) is 9.62. The molecule has 0 atom stereocenters. The minimum atomic E-state index is -3.61. The molecule has 0 fully saturated rings. The minimum absolute atomic E-state index is 0.0908. The Bertz CT molecular complexity index is 969. The smallest absolute Gasteiger partial charge is 0.338 e. The molecule has 2 aromatic rings. The van der Waals surface area contributed by atoms with Gasteiger partial charge < -0.3 is 14.8 Å². The van der Waals surface area contributed by atoms with Crippen LogP contribution in [0.2, 0.25) is 0 Å². The van der Waals surface area contributed by atoms with E-state index in [1.807, 2.05) is 6.92 Å². The lowest BCUT2D eigenvalue weighted by molar-refractivity contribution is -0.119. The Morgan fingerprint density at radius 1 is 0.967 bits per heavy atom. The normalized spacial score (nSPS) is 11.2. The second-order valence-electron chi connectivity index (χ2n) is 6.17. The maximum atomic E-state index is 12.5. The molecule has 0 aliphatic rings. The number of nitrogens with one attached hydrogen (secondary N) is 1. The molecule has 2 aromatic carbocycles. The summed E-state index contributed by atoms with van der Waals surface area (Å²) >= 11 is 0. The van der Waals surface area contributed by atoms with Crippen molar-refractivity contribution in [3.05, 3.63) is 54.1 Å². The standard InChI is InChI=1S/C21H26N2O6S/c1-4-23(5-2)30(26,27)17-13-11-16(12-14-17)21(25)29-15-20(24)22-18-9-7-8-10-19(18)28-6-3/h7-14H,4-6,15H2,1-3H3,(H,22,24). The predicted octanol–water partition coefficient (Wildman–Crippen LogP) is 2.91. The monoisotopic (exact) mass is 434 g/mol. The number of sulfonamides is 1. The number of benzene rings is 2. The Morgan fingerprint density at radius 2 is 1.60 bits per heavy atom. The van der Waals surface area contributed by atoms with Crippen LogP contribution in [0.3, 0.4) is 0 Å². The molecule has 0 spiro atoms. The molecule has 1 amide bonds. The zero-order chi connectivity index (χ0) is 22.1. The summed E-state index contributed by atoms with van der Waals surface area (Å²) in [5, 5.41) is 2.63. The Morgan fingerprint density at radius 3 is 2.20 bits per heavy atom. The summed E-state index contributed by atoms with van der Waals surface area (Å²) in [5.74, 6) is -0.726. The van der Waals surface area contributed by atoms with Crippen LogP contribution in [-0.2, 0) is 19.6 Å². The first kappa shape index (κ1) is 23.4. The number of nitrogens with zero attached hydrogens (tertiary/aromatic N) is 1. The lowest BCUT2D eigenvalue weighted by Gasteiger charge is -2.18. The molecule has 0 heterocycles. The Balaban J connectivity index is 1.98. The molecule has 8 nitrogen and oxygen atoms in total. The number of carbonyl (C=O) groups excluding carboxylic acids is 2. The maximum Gasteiger partial charge on any atom is 0.338 e. The van der Waals surface area contributed by atoms with Gasteiger partial charge in [-0.1, -0.05) is 26.0 Å². The highest BCUT2D eigenvalue weighted by Gasteiger charge is 2.22. The Hall–Kier alpha value is -2.91. The van der Waals surface area contributed by atoms with Crippen LogP contribution in [0.4, 0.5) is 5.69 Å². The van der Waals surface area contributed by atoms with Gasteiger partial charge in [0, 0.05) is 13.1 Å². The van der Waals surface area contributed by atoms with Crippen molar-refractivity contribution >= 4 is 27.6 Å². The van der Waals surface area contributed by atoms with Crippen LogP contribution in [0.15, 0.2) is 53.4 Å². The molecule has 0 aliphatic heterocycles. The number of hydrogen-bond acceptors (Lipinski definition) is 6. The minimum Gasteiger partial charge on any atom is -0.492 e. The van der Waals surface area contributed by atoms with Gasteiger partial charge in [-0.15, -0.1) is 0 Å². The van der Waals surface area contributed by atoms with Crippen molar-refractivity contribution in [2.24, 2.45) is 0 Å². The van der Waals surface area contributed by atoms with Crippen molar-refractivity contribution in [3.63, 3.8) is 0 Å². The van der Waals surface area contributed by atoms with Gasteiger partial charge in [0.15, 0.2) is 6.61 Å². The molecule has 9 heteroatoms. The van der Waals surface area contributed by atoms with Gasteiger partial charge in [0.05, 0.1) is 22.8 Å². The van der Waals surface area contributed by atoms with Crippen molar-refractivity contribution < 1.29 is 27.5 Å². The lowest BCUT2D eigenvalue weighted by Crippen LogP contribution is -2.30. The van der Waals surface area contributed by atoms with E-state index in [0.717, 1.165) is 0 Å². The summed E-state index contributed by atoms with van der Waals surface area (Å²) in [6.07, 6.45) is 0. The number of amides is 1. The average molecular weight is 435 g/mol. The lowest BCUT2D eigenvalue weighted by atomic mass is 10.2. The molecule has 0 bridgehead atoms. The van der Waals surface area contributed by atoms with Gasteiger partial charge >= 0.3 is 5.97 Å². The molecule has 0 radical (unpaired) electrons. The largest absolute Gasteiger partial charge is 0.492 e. The summed E-state index contributed by atoms with van der Waals surface area (Å²) < 4.78 is 36.7. The van der Waals surface area contributed by atoms with E-state index in [1.54, 1.807) is 38.1 Å². The van der Waals surface area contributed by atoms with Crippen molar-refractivity contribution in [3.8, 4) is 5.75 Å². The first-order valence-corrected chi connectivity index (χ1v) is 11.1. The highest BCUT2D eigenvalue weighted by atomic mass is 32.2. The van der Waals surface area contributed by atoms with Crippen molar-refractivity contribution in [2.45, 2.75) is 25.7 Å². The maximum absolute atomic E-state index is 12.5. The van der Waals surface area contributed by atoms with Crippen molar-refractivity contribution in [2.75, 3.05) is 31.6 Å². The van der Waals surface area contributed by atoms with Gasteiger partial charge in [0.2, 0.25) is 10.0 Å². The van der Waals surface area contributed by atoms with Crippen LogP contribution in [0.5, 0.6) is 5.75 Å². The van der Waals surface area contributed by atoms with Crippen LogP contribution in [-0.4, -0.2) is 50.9 Å². The number of rotatable bonds is 10. The van der Waals surface area contributed by atoms with E-state index in [9.17, 15) is 18.0 Å². The van der Waals surface area contributed by atoms with E-state index in [2.05, 4.69) is 5.32 Å². The van der Waals surface area contributed by atoms with Crippen molar-refractivity contribution in [1.29, 1.82) is 0 Å². The number of carbonyl (C=O) groups is 2. The summed E-state index contributed by atoms with van der Waals surface area (Å²) in [6.45, 7) is 6.00. The fourth-order valence-electron chi connectivity index (χ4n) is 2.73. The summed E-state index contributed by atoms with van der Waals surface area (Å²) in [7, 11) is -3.61. The topological polar surface area (TPSA) is 102 Å². The summed E-state index contributed by atoms with van der Waals surface area (Å²) in [6, 6.07) is 12.4. The van der Waals surface area contributed by atoms with Gasteiger partial charge in [0.1, 0.15) is 5.75 Å². The van der Waals surface area contributed by atoms with Crippen LogP contribution < -0.4 is 10.1 Å². The SMILES string of the molecule is CCOc1ccccc1NC(=O)COC(=O)c1ccc(S(=O)(=O)N(CC)CC)cc1. The van der Waals surface area contributed by atoms with Gasteiger partial charge in [-0.25, -0.2) is 13.2 Å². The number of ether oxygens (including phenoxy) is 2. The number of para-hydroxylation sites is 2. The Labute approximate surface area is 176 Å². The quantitative estimate of drug-likeness (QED) is 0.577. The average Bonchev–Trinajstić information content (AvgIpc) is 2.74. The third-order valence-electron chi connectivity index (χ3n) is 4.23. The number of esters is 1. The highest BCUT2D eigenvalue weighted by Crippen LogP contribution is 2.23. The van der Waals surface area contributed by atoms with E-state index >= 15 is 0 Å². The molecular formula is C21H26N2O6S. The molecule has 0 aromatic heterocycles. The Kier molecular flexibility index (Phi) is 8.37. The van der Waals surface area contributed by atoms with Crippen LogP contribution in [0, 0.1) is 0 Å². The van der Waals surface area contributed by atoms with Gasteiger partial charge in [0.25, 0.3) is 5.91 Å². The van der Waals surface area contributed by atoms with Crippen LogP contribution in [0.25, 0.3) is 0 Å². The second kappa shape index (κ2) is 10.7. The number of hydrogen-bond donors (Lipinski definition) is 1. The molecule has 0 aliphatic carbocycles. The molecule has 2 rings (SSSR count). The van der Waals surface area contributed by atoms with Gasteiger partial charge in [-0.05, 0) is 43.3 Å². The number of anilines is 1. The molecule has 0 saturated heterocycles. The summed E-state index contributed by atoms with van der Waals surface area (Å²) in [4.78, 5) is 24.4. The van der Waals surface area contributed by atoms with E-state index in [1.165, 1.54) is 28.6 Å². The van der Waals surface area contributed by atoms with E-state index in [4.69, 9.17) is 9.47 Å². The molecule has 0 unspecified atom stereocenters. The molecule has 162 valence electrons. The van der Waals surface area contributed by atoms with Crippen molar-refractivity contribution in [1.82, 2.24) is 4.31 Å². The van der Waals surface area contributed by atoms with E-state index in [-0.39, 0.29) is 10.5 Å². The fraction of sp³-hybridized carbons (Fsp3) is 0.333. The van der Waals surface area contributed by atoms with E-state index < -0.39 is 28.5 Å². The van der Waals surface area contributed by atoms with Gasteiger partial charge in [-0.2, -0.15) is 4.31 Å². The second-order valence-corrected chi connectivity index (χ2v) is 8.11. The fourth-order valence-corrected chi connectivity index (χ4v) is 4.19. The third-order valence-corrected chi connectivity index (χ3v) is 6.29. The molecule has 0 saturated carbocycles.